The maximum Gasteiger partial charge on any atom is 0.213 e. The van der Waals surface area contributed by atoms with Crippen LogP contribution < -0.4 is 4.57 Å². The summed E-state index contributed by atoms with van der Waals surface area (Å²) in [5.74, 6) is 0.688. The molecule has 1 fully saturated rings. The van der Waals surface area contributed by atoms with Gasteiger partial charge in [-0.05, 0) is 83.4 Å². The van der Waals surface area contributed by atoms with E-state index in [1.165, 1.54) is 57.5 Å². The molecule has 1 nitrogen and oxygen atoms in total. The molecule has 0 saturated heterocycles. The summed E-state index contributed by atoms with van der Waals surface area (Å²) in [7, 11) is 2.26. The van der Waals surface area contributed by atoms with Gasteiger partial charge in [0.1, 0.15) is 7.05 Å². The molecular weight excluding hydrogens is 362 g/mol. The topological polar surface area (TPSA) is 3.88 Å². The molecule has 2 atom stereocenters. The Labute approximate surface area is 180 Å². The molecule has 30 heavy (non-hydrogen) atoms. The maximum atomic E-state index is 2.56. The largest absolute Gasteiger partial charge is 0.213 e. The van der Waals surface area contributed by atoms with Gasteiger partial charge < -0.3 is 0 Å². The highest BCUT2D eigenvalue weighted by Crippen LogP contribution is 2.67. The Balaban J connectivity index is 1.61. The third kappa shape index (κ3) is 2.02. The summed E-state index contributed by atoms with van der Waals surface area (Å²) in [4.78, 5) is 0. The van der Waals surface area contributed by atoms with Crippen LogP contribution in [0.1, 0.15) is 72.9 Å². The smallest absolute Gasteiger partial charge is 0.201 e. The minimum atomic E-state index is 0.309. The second-order valence-corrected chi connectivity index (χ2v) is 10.9. The highest BCUT2D eigenvalue weighted by atomic mass is 14.9. The van der Waals surface area contributed by atoms with Gasteiger partial charge in [-0.2, -0.15) is 0 Å². The first-order chi connectivity index (χ1) is 14.2. The monoisotopic (exact) mass is 394 g/mol. The quantitative estimate of drug-likeness (QED) is 0.323. The zero-order valence-corrected chi connectivity index (χ0v) is 19.2. The lowest BCUT2D eigenvalue weighted by Crippen LogP contribution is -2.36. The van der Waals surface area contributed by atoms with Crippen LogP contribution in [0.5, 0.6) is 0 Å². The van der Waals surface area contributed by atoms with Gasteiger partial charge in [-0.3, -0.25) is 0 Å². The second kappa shape index (κ2) is 5.63. The number of hydrogen-bond acceptors (Lipinski definition) is 0. The first kappa shape index (κ1) is 18.4. The molecule has 3 aliphatic carbocycles. The van der Waals surface area contributed by atoms with Gasteiger partial charge in [0.15, 0.2) is 6.20 Å². The summed E-state index contributed by atoms with van der Waals surface area (Å²) >= 11 is 0. The molecule has 3 aromatic rings. The van der Waals surface area contributed by atoms with Gasteiger partial charge in [-0.25, -0.2) is 4.57 Å². The SMILES string of the molecule is Cc1cc(C)c(-c2cc3c(c[n+]2C)C2(C)CCC3C2(C)C)c2c1-c1ccccc1C2. The van der Waals surface area contributed by atoms with Crippen LogP contribution in [0, 0.1) is 19.3 Å². The van der Waals surface area contributed by atoms with Gasteiger partial charge in [-0.15, -0.1) is 0 Å². The van der Waals surface area contributed by atoms with Crippen LogP contribution in [-0.4, -0.2) is 0 Å². The zero-order chi connectivity index (χ0) is 21.0. The molecular formula is C29H32N+. The van der Waals surface area contributed by atoms with Gasteiger partial charge in [0.05, 0.1) is 5.56 Å². The molecule has 1 aromatic heterocycles. The number of hydrogen-bond donors (Lipinski definition) is 0. The van der Waals surface area contributed by atoms with Crippen LogP contribution in [0.3, 0.4) is 0 Å². The van der Waals surface area contributed by atoms with Crippen LogP contribution in [0.15, 0.2) is 42.6 Å². The first-order valence-electron chi connectivity index (χ1n) is 11.5. The Hall–Kier alpha value is -2.41. The van der Waals surface area contributed by atoms with E-state index < -0.39 is 0 Å². The minimum Gasteiger partial charge on any atom is -0.201 e. The molecule has 152 valence electrons. The number of aromatic nitrogens is 1. The Morgan fingerprint density at radius 3 is 2.50 bits per heavy atom. The number of rotatable bonds is 1. The van der Waals surface area contributed by atoms with E-state index in [2.05, 4.69) is 88.8 Å². The summed E-state index contributed by atoms with van der Waals surface area (Å²) < 4.78 is 2.42. The Kier molecular flexibility index (Phi) is 3.45. The van der Waals surface area contributed by atoms with Crippen LogP contribution >= 0.6 is 0 Å². The fraction of sp³-hybridized carbons (Fsp3) is 0.414. The molecule has 1 saturated carbocycles. The summed E-state index contributed by atoms with van der Waals surface area (Å²) in [6.45, 7) is 12.1. The lowest BCUT2D eigenvalue weighted by Gasteiger charge is -2.34. The van der Waals surface area contributed by atoms with Crippen LogP contribution in [0.4, 0.5) is 0 Å². The molecule has 1 heteroatoms. The Morgan fingerprint density at radius 1 is 0.967 bits per heavy atom. The number of fused-ring (bicyclic) bond motifs is 8. The molecule has 0 aliphatic heterocycles. The van der Waals surface area contributed by atoms with Crippen LogP contribution in [-0.2, 0) is 18.9 Å². The molecule has 1 heterocycles. The Bertz CT molecular complexity index is 1250. The zero-order valence-electron chi connectivity index (χ0n) is 19.2. The Morgan fingerprint density at radius 2 is 1.70 bits per heavy atom. The fourth-order valence-corrected chi connectivity index (χ4v) is 7.28. The highest BCUT2D eigenvalue weighted by Gasteiger charge is 2.60. The number of benzene rings is 2. The van der Waals surface area contributed by atoms with Crippen molar-refractivity contribution in [1.29, 1.82) is 0 Å². The van der Waals surface area contributed by atoms with Crippen molar-refractivity contribution in [3.63, 3.8) is 0 Å². The van der Waals surface area contributed by atoms with Gasteiger partial charge >= 0.3 is 0 Å². The highest BCUT2D eigenvalue weighted by molar-refractivity contribution is 5.87. The van der Waals surface area contributed by atoms with E-state index in [1.54, 1.807) is 11.1 Å². The number of nitrogens with zero attached hydrogens (tertiary/aromatic N) is 1. The average molecular weight is 395 g/mol. The second-order valence-electron chi connectivity index (χ2n) is 10.9. The first-order valence-corrected chi connectivity index (χ1v) is 11.5. The van der Waals surface area contributed by atoms with Gasteiger partial charge in [-0.1, -0.05) is 51.1 Å². The molecule has 6 rings (SSSR count). The van der Waals surface area contributed by atoms with Crippen molar-refractivity contribution in [2.24, 2.45) is 12.5 Å². The summed E-state index contributed by atoms with van der Waals surface area (Å²) in [6.07, 6.45) is 6.18. The normalized spacial score (nSPS) is 24.7. The lowest BCUT2D eigenvalue weighted by molar-refractivity contribution is -0.661. The van der Waals surface area contributed by atoms with E-state index in [4.69, 9.17) is 0 Å². The summed E-state index contributed by atoms with van der Waals surface area (Å²) in [5.41, 5.74) is 15.4. The van der Waals surface area contributed by atoms with Crippen molar-refractivity contribution in [1.82, 2.24) is 0 Å². The van der Waals surface area contributed by atoms with Crippen molar-refractivity contribution in [3.05, 3.63) is 76.0 Å². The summed E-state index contributed by atoms with van der Waals surface area (Å²) in [5, 5.41) is 0. The molecule has 0 amide bonds. The minimum absolute atomic E-state index is 0.309. The molecule has 2 bridgehead atoms. The predicted octanol–water partition coefficient (Wildman–Crippen LogP) is 6.54. The van der Waals surface area contributed by atoms with Crippen LogP contribution in [0.2, 0.25) is 0 Å². The van der Waals surface area contributed by atoms with Crippen molar-refractivity contribution in [3.8, 4) is 22.4 Å². The van der Waals surface area contributed by atoms with Crippen molar-refractivity contribution in [2.75, 3.05) is 0 Å². The molecule has 3 aliphatic rings. The number of pyridine rings is 1. The van der Waals surface area contributed by atoms with E-state index in [0.29, 0.717) is 16.7 Å². The van der Waals surface area contributed by atoms with Crippen molar-refractivity contribution in [2.45, 2.75) is 65.2 Å². The fourth-order valence-electron chi connectivity index (χ4n) is 7.28. The molecule has 0 radical (unpaired) electrons. The molecule has 0 N–H and O–H groups in total. The van der Waals surface area contributed by atoms with E-state index in [9.17, 15) is 0 Å². The van der Waals surface area contributed by atoms with Gasteiger partial charge in [0.2, 0.25) is 5.69 Å². The average Bonchev–Trinajstić information content (AvgIpc) is 3.23. The predicted molar refractivity (Wildman–Crippen MR) is 124 cm³/mol. The van der Waals surface area contributed by atoms with Gasteiger partial charge in [0.25, 0.3) is 0 Å². The van der Waals surface area contributed by atoms with Crippen LogP contribution in [0.25, 0.3) is 22.4 Å². The molecule has 2 unspecified atom stereocenters. The van der Waals surface area contributed by atoms with Crippen molar-refractivity contribution >= 4 is 0 Å². The third-order valence-corrected chi connectivity index (χ3v) is 9.24. The third-order valence-electron chi connectivity index (χ3n) is 9.24. The number of aryl methyl sites for hydroxylation is 3. The van der Waals surface area contributed by atoms with E-state index in [1.807, 2.05) is 0 Å². The van der Waals surface area contributed by atoms with Crippen molar-refractivity contribution < 1.29 is 4.57 Å². The molecule has 2 aromatic carbocycles. The maximum absolute atomic E-state index is 2.56. The standard InChI is InChI=1S/C29H32N/c1-17-13-18(2)27(22-14-19-9-7-8-10-20(19)26(17)22)25-15-21-23-11-12-29(5,28(23,3)4)24(21)16-30(25)6/h7-10,13,15-16,23H,11-12,14H2,1-6H3/q+1. The van der Waals surface area contributed by atoms with E-state index in [-0.39, 0.29) is 0 Å². The lowest BCUT2D eigenvalue weighted by atomic mass is 9.69. The van der Waals surface area contributed by atoms with E-state index >= 15 is 0 Å². The van der Waals surface area contributed by atoms with E-state index in [0.717, 1.165) is 6.42 Å². The molecule has 0 spiro atoms. The van der Waals surface area contributed by atoms with Gasteiger partial charge in [0, 0.05) is 17.0 Å². The summed E-state index contributed by atoms with van der Waals surface area (Å²) in [6, 6.07) is 13.9.